The lowest BCUT2D eigenvalue weighted by molar-refractivity contribution is -0.113. The van der Waals surface area contributed by atoms with Crippen molar-refractivity contribution in [1.29, 1.82) is 0 Å². The monoisotopic (exact) mass is 462 g/mol. The summed E-state index contributed by atoms with van der Waals surface area (Å²) in [6.45, 7) is 5.13. The van der Waals surface area contributed by atoms with Crippen LogP contribution in [0, 0.1) is 0 Å². The Kier molecular flexibility index (Phi) is 7.66. The first kappa shape index (κ1) is 22.3. The molecule has 1 aromatic carbocycles. The van der Waals surface area contributed by atoms with E-state index >= 15 is 0 Å². The van der Waals surface area contributed by atoms with E-state index in [1.54, 1.807) is 24.3 Å². The summed E-state index contributed by atoms with van der Waals surface area (Å²) in [6, 6.07) is 7.05. The minimum atomic E-state index is -0.208. The molecule has 0 atom stereocenters. The van der Waals surface area contributed by atoms with Crippen LogP contribution in [0.5, 0.6) is 0 Å². The number of anilines is 1. The Bertz CT molecular complexity index is 991. The molecule has 1 saturated heterocycles. The SMILES string of the molecule is O=C(CSc1nc(=O)n(CCCN2CCOCC2)c2c1CCC2)Nc1cccc(Cl)c1. The van der Waals surface area contributed by atoms with E-state index in [-0.39, 0.29) is 17.3 Å². The van der Waals surface area contributed by atoms with Crippen molar-refractivity contribution in [2.45, 2.75) is 37.3 Å². The molecule has 0 unspecified atom stereocenters. The van der Waals surface area contributed by atoms with Crippen LogP contribution in [0.15, 0.2) is 34.1 Å². The summed E-state index contributed by atoms with van der Waals surface area (Å²) in [7, 11) is 0. The van der Waals surface area contributed by atoms with Gasteiger partial charge in [0.2, 0.25) is 5.91 Å². The second kappa shape index (κ2) is 10.6. The highest BCUT2D eigenvalue weighted by molar-refractivity contribution is 8.00. The number of halogens is 1. The number of aromatic nitrogens is 2. The van der Waals surface area contributed by atoms with Gasteiger partial charge in [0.05, 0.1) is 19.0 Å². The van der Waals surface area contributed by atoms with E-state index in [4.69, 9.17) is 16.3 Å². The van der Waals surface area contributed by atoms with E-state index in [9.17, 15) is 9.59 Å². The first-order valence-corrected chi connectivity index (χ1v) is 12.1. The molecule has 166 valence electrons. The Hall–Kier alpha value is -1.87. The number of thioether (sulfide) groups is 1. The molecule has 1 aliphatic carbocycles. The lowest BCUT2D eigenvalue weighted by Gasteiger charge is -2.26. The summed E-state index contributed by atoms with van der Waals surface area (Å²) in [5.74, 6) is 0.0578. The Labute approximate surface area is 191 Å². The van der Waals surface area contributed by atoms with Crippen LogP contribution in [-0.2, 0) is 28.9 Å². The molecule has 4 rings (SSSR count). The van der Waals surface area contributed by atoms with Gasteiger partial charge in [-0.05, 0) is 43.9 Å². The van der Waals surface area contributed by atoms with Gasteiger partial charge in [0.15, 0.2) is 0 Å². The average Bonchev–Trinajstić information content (AvgIpc) is 3.25. The zero-order valence-electron chi connectivity index (χ0n) is 17.4. The van der Waals surface area contributed by atoms with Crippen LogP contribution in [-0.4, -0.2) is 59.0 Å². The van der Waals surface area contributed by atoms with E-state index in [2.05, 4.69) is 15.2 Å². The maximum atomic E-state index is 12.7. The van der Waals surface area contributed by atoms with Gasteiger partial charge in [-0.2, -0.15) is 4.98 Å². The van der Waals surface area contributed by atoms with Crippen molar-refractivity contribution in [1.82, 2.24) is 14.5 Å². The number of morpholine rings is 1. The molecule has 9 heteroatoms. The second-order valence-electron chi connectivity index (χ2n) is 7.78. The molecule has 1 N–H and O–H groups in total. The van der Waals surface area contributed by atoms with Crippen LogP contribution in [0.2, 0.25) is 5.02 Å². The molecule has 0 radical (unpaired) electrons. The number of fused-ring (bicyclic) bond motifs is 1. The van der Waals surface area contributed by atoms with Crippen molar-refractivity contribution in [3.05, 3.63) is 51.0 Å². The van der Waals surface area contributed by atoms with Gasteiger partial charge < -0.3 is 10.1 Å². The maximum Gasteiger partial charge on any atom is 0.348 e. The molecule has 0 saturated carbocycles. The topological polar surface area (TPSA) is 76.5 Å². The molecule has 1 aliphatic heterocycles. The van der Waals surface area contributed by atoms with Crippen molar-refractivity contribution >= 4 is 35.0 Å². The molecule has 1 amide bonds. The number of ether oxygens (including phenoxy) is 1. The van der Waals surface area contributed by atoms with Gasteiger partial charge in [0, 0.05) is 48.1 Å². The maximum absolute atomic E-state index is 12.7. The first-order valence-electron chi connectivity index (χ1n) is 10.7. The van der Waals surface area contributed by atoms with E-state index < -0.39 is 0 Å². The third-order valence-corrected chi connectivity index (χ3v) is 6.86. The van der Waals surface area contributed by atoms with Crippen LogP contribution in [0.3, 0.4) is 0 Å². The van der Waals surface area contributed by atoms with Gasteiger partial charge >= 0.3 is 5.69 Å². The van der Waals surface area contributed by atoms with Crippen molar-refractivity contribution in [3.8, 4) is 0 Å². The number of hydrogen-bond donors (Lipinski definition) is 1. The standard InChI is InChI=1S/C22H27ClN4O3S/c23-16-4-1-5-17(14-16)24-20(28)15-31-21-18-6-2-7-19(18)27(22(29)25-21)9-3-8-26-10-12-30-13-11-26/h1,4-5,14H,2-3,6-13,15H2,(H,24,28). The second-order valence-corrected chi connectivity index (χ2v) is 9.19. The van der Waals surface area contributed by atoms with Crippen LogP contribution in [0.1, 0.15) is 24.1 Å². The highest BCUT2D eigenvalue weighted by atomic mass is 35.5. The minimum Gasteiger partial charge on any atom is -0.379 e. The number of rotatable bonds is 8. The summed E-state index contributed by atoms with van der Waals surface area (Å²) in [4.78, 5) is 31.8. The number of benzene rings is 1. The number of carbonyl (C=O) groups is 1. The summed E-state index contributed by atoms with van der Waals surface area (Å²) in [6.07, 6.45) is 3.74. The quantitative estimate of drug-likeness (QED) is 0.480. The van der Waals surface area contributed by atoms with Crippen molar-refractivity contribution in [2.24, 2.45) is 0 Å². The molecular weight excluding hydrogens is 436 g/mol. The predicted octanol–water partition coefficient (Wildman–Crippen LogP) is 2.84. The molecule has 31 heavy (non-hydrogen) atoms. The Balaban J connectivity index is 1.37. The highest BCUT2D eigenvalue weighted by Gasteiger charge is 2.22. The molecule has 2 aromatic rings. The van der Waals surface area contributed by atoms with Crippen LogP contribution in [0.25, 0.3) is 0 Å². The van der Waals surface area contributed by atoms with Crippen LogP contribution < -0.4 is 11.0 Å². The lowest BCUT2D eigenvalue weighted by atomic mass is 10.2. The smallest absolute Gasteiger partial charge is 0.348 e. The minimum absolute atomic E-state index is 0.143. The van der Waals surface area contributed by atoms with E-state index in [1.807, 2.05) is 4.57 Å². The van der Waals surface area contributed by atoms with Crippen molar-refractivity contribution in [3.63, 3.8) is 0 Å². The van der Waals surface area contributed by atoms with Crippen LogP contribution >= 0.6 is 23.4 Å². The Morgan fingerprint density at radius 3 is 2.87 bits per heavy atom. The zero-order chi connectivity index (χ0) is 21.6. The summed E-state index contributed by atoms with van der Waals surface area (Å²) < 4.78 is 7.24. The van der Waals surface area contributed by atoms with Crippen molar-refractivity contribution in [2.75, 3.05) is 43.9 Å². The molecule has 0 spiro atoms. The van der Waals surface area contributed by atoms with Gasteiger partial charge in [-0.3, -0.25) is 14.3 Å². The molecule has 2 aliphatic rings. The summed E-state index contributed by atoms with van der Waals surface area (Å²) in [5.41, 5.74) is 2.68. The number of nitrogens with one attached hydrogen (secondary N) is 1. The average molecular weight is 463 g/mol. The van der Waals surface area contributed by atoms with E-state index in [0.29, 0.717) is 22.3 Å². The lowest BCUT2D eigenvalue weighted by Crippen LogP contribution is -2.37. The molecule has 0 bridgehead atoms. The van der Waals surface area contributed by atoms with E-state index in [1.165, 1.54) is 11.8 Å². The summed E-state index contributed by atoms with van der Waals surface area (Å²) in [5, 5.41) is 4.11. The number of amides is 1. The van der Waals surface area contributed by atoms with Gasteiger partial charge in [-0.1, -0.05) is 29.4 Å². The Morgan fingerprint density at radius 2 is 2.06 bits per heavy atom. The molecule has 7 nitrogen and oxygen atoms in total. The normalized spacial score (nSPS) is 16.3. The van der Waals surface area contributed by atoms with Crippen LogP contribution in [0.4, 0.5) is 5.69 Å². The largest absolute Gasteiger partial charge is 0.379 e. The molecule has 1 aromatic heterocycles. The first-order chi connectivity index (χ1) is 15.1. The van der Waals surface area contributed by atoms with Gasteiger partial charge in [-0.25, -0.2) is 4.79 Å². The molecule has 1 fully saturated rings. The fourth-order valence-corrected chi connectivity index (χ4v) is 5.18. The number of carbonyl (C=O) groups excluding carboxylic acids is 1. The predicted molar refractivity (Wildman–Crippen MR) is 123 cm³/mol. The third kappa shape index (κ3) is 5.88. The van der Waals surface area contributed by atoms with Gasteiger partial charge in [0.25, 0.3) is 0 Å². The van der Waals surface area contributed by atoms with E-state index in [0.717, 1.165) is 69.8 Å². The number of hydrogen-bond acceptors (Lipinski definition) is 6. The number of nitrogens with zero attached hydrogens (tertiary/aromatic N) is 3. The van der Waals surface area contributed by atoms with Gasteiger partial charge in [0.1, 0.15) is 5.03 Å². The fraction of sp³-hybridized carbons (Fsp3) is 0.500. The summed E-state index contributed by atoms with van der Waals surface area (Å²) >= 11 is 7.30. The van der Waals surface area contributed by atoms with Crippen molar-refractivity contribution < 1.29 is 9.53 Å². The molecule has 2 heterocycles. The molecular formula is C22H27ClN4O3S. The van der Waals surface area contributed by atoms with Gasteiger partial charge in [-0.15, -0.1) is 0 Å². The third-order valence-electron chi connectivity index (χ3n) is 5.61. The fourth-order valence-electron chi connectivity index (χ4n) is 4.11. The zero-order valence-corrected chi connectivity index (χ0v) is 19.0. The highest BCUT2D eigenvalue weighted by Crippen LogP contribution is 2.29. The Morgan fingerprint density at radius 1 is 1.23 bits per heavy atom.